The van der Waals surface area contributed by atoms with Crippen LogP contribution >= 0.6 is 0 Å². The fourth-order valence-electron chi connectivity index (χ4n) is 5.18. The summed E-state index contributed by atoms with van der Waals surface area (Å²) in [5, 5.41) is 3.80. The summed E-state index contributed by atoms with van der Waals surface area (Å²) in [6.45, 7) is 8.43. The molecule has 3 atom stereocenters. The molecular weight excluding hydrogens is 244 g/mol. The van der Waals surface area contributed by atoms with Crippen molar-refractivity contribution in [2.75, 3.05) is 6.54 Å². The molecule has 0 aromatic rings. The summed E-state index contributed by atoms with van der Waals surface area (Å²) in [5.74, 6) is 0. The van der Waals surface area contributed by atoms with E-state index in [0.717, 1.165) is 24.2 Å². The molecule has 0 radical (unpaired) electrons. The number of fused-ring (bicyclic) bond motifs is 2. The summed E-state index contributed by atoms with van der Waals surface area (Å²) in [4.78, 5) is 2.99. The Labute approximate surface area is 125 Å². The lowest BCUT2D eigenvalue weighted by molar-refractivity contribution is -0.0115. The fourth-order valence-corrected chi connectivity index (χ4v) is 5.18. The second-order valence-corrected chi connectivity index (χ2v) is 8.37. The van der Waals surface area contributed by atoms with E-state index in [0.29, 0.717) is 5.41 Å². The second-order valence-electron chi connectivity index (χ2n) is 8.37. The lowest BCUT2D eigenvalue weighted by Crippen LogP contribution is -2.59. The molecule has 1 N–H and O–H groups in total. The molecule has 2 bridgehead atoms. The molecule has 2 heteroatoms. The molecule has 3 rings (SSSR count). The normalized spacial score (nSPS) is 41.0. The van der Waals surface area contributed by atoms with Gasteiger partial charge in [0, 0.05) is 24.2 Å². The molecule has 0 aromatic heterocycles. The van der Waals surface area contributed by atoms with Gasteiger partial charge in [0.1, 0.15) is 0 Å². The van der Waals surface area contributed by atoms with E-state index >= 15 is 0 Å². The molecule has 0 amide bonds. The van der Waals surface area contributed by atoms with Gasteiger partial charge in [-0.15, -0.1) is 0 Å². The number of rotatable bonds is 4. The van der Waals surface area contributed by atoms with Crippen LogP contribution in [0.3, 0.4) is 0 Å². The molecule has 2 nitrogen and oxygen atoms in total. The standard InChI is InChI=1S/C18H34N2/c1-4-10-19-14-11-15-6-5-7-16(12-14)20(15)17-8-9-18(2,3)13-17/h14-17,19H,4-13H2,1-3H3. The van der Waals surface area contributed by atoms with E-state index in [1.165, 1.54) is 64.3 Å². The summed E-state index contributed by atoms with van der Waals surface area (Å²) < 4.78 is 0. The van der Waals surface area contributed by atoms with E-state index in [4.69, 9.17) is 0 Å². The van der Waals surface area contributed by atoms with Gasteiger partial charge in [0.05, 0.1) is 0 Å². The molecule has 3 aliphatic rings. The number of nitrogens with one attached hydrogen (secondary N) is 1. The van der Waals surface area contributed by atoms with Gasteiger partial charge in [-0.1, -0.05) is 27.2 Å². The van der Waals surface area contributed by atoms with Crippen LogP contribution in [0.15, 0.2) is 0 Å². The van der Waals surface area contributed by atoms with Crippen LogP contribution in [0, 0.1) is 5.41 Å². The SMILES string of the molecule is CCCNC1CC2CCCC(C1)N2C1CCC(C)(C)C1. The van der Waals surface area contributed by atoms with Crippen molar-refractivity contribution in [3.05, 3.63) is 0 Å². The predicted molar refractivity (Wildman–Crippen MR) is 86.0 cm³/mol. The Balaban J connectivity index is 1.64. The van der Waals surface area contributed by atoms with Crippen molar-refractivity contribution >= 4 is 0 Å². The third-order valence-corrected chi connectivity index (χ3v) is 6.08. The number of nitrogens with zero attached hydrogens (tertiary/aromatic N) is 1. The van der Waals surface area contributed by atoms with E-state index in [9.17, 15) is 0 Å². The number of hydrogen-bond acceptors (Lipinski definition) is 2. The number of piperidine rings is 2. The van der Waals surface area contributed by atoms with Crippen molar-refractivity contribution in [3.63, 3.8) is 0 Å². The Bertz CT molecular complexity index is 311. The molecule has 2 aliphatic heterocycles. The largest absolute Gasteiger partial charge is 0.314 e. The van der Waals surface area contributed by atoms with Crippen LogP contribution in [0.25, 0.3) is 0 Å². The first-order valence-corrected chi connectivity index (χ1v) is 9.10. The van der Waals surface area contributed by atoms with Crippen molar-refractivity contribution < 1.29 is 0 Å². The van der Waals surface area contributed by atoms with Crippen LogP contribution in [-0.2, 0) is 0 Å². The minimum absolute atomic E-state index is 0.594. The van der Waals surface area contributed by atoms with Crippen LogP contribution in [-0.4, -0.2) is 35.6 Å². The minimum Gasteiger partial charge on any atom is -0.314 e. The molecule has 2 heterocycles. The van der Waals surface area contributed by atoms with Crippen molar-refractivity contribution in [2.45, 2.75) is 103 Å². The highest BCUT2D eigenvalue weighted by atomic mass is 15.2. The third kappa shape index (κ3) is 3.06. The van der Waals surface area contributed by atoms with Crippen molar-refractivity contribution in [1.82, 2.24) is 10.2 Å². The van der Waals surface area contributed by atoms with Crippen LogP contribution in [0.4, 0.5) is 0 Å². The maximum Gasteiger partial charge on any atom is 0.0116 e. The smallest absolute Gasteiger partial charge is 0.0116 e. The Hall–Kier alpha value is -0.0800. The Morgan fingerprint density at radius 3 is 2.30 bits per heavy atom. The highest BCUT2D eigenvalue weighted by Crippen LogP contribution is 2.45. The molecule has 116 valence electrons. The van der Waals surface area contributed by atoms with Gasteiger partial charge in [0.15, 0.2) is 0 Å². The lowest BCUT2D eigenvalue weighted by atomic mass is 9.80. The molecule has 3 unspecified atom stereocenters. The highest BCUT2D eigenvalue weighted by Gasteiger charge is 2.44. The Morgan fingerprint density at radius 2 is 1.75 bits per heavy atom. The Morgan fingerprint density at radius 1 is 1.05 bits per heavy atom. The van der Waals surface area contributed by atoms with E-state index in [-0.39, 0.29) is 0 Å². The summed E-state index contributed by atoms with van der Waals surface area (Å²) in [5.41, 5.74) is 0.594. The van der Waals surface area contributed by atoms with Gasteiger partial charge in [0.25, 0.3) is 0 Å². The lowest BCUT2D eigenvalue weighted by Gasteiger charge is -2.52. The van der Waals surface area contributed by atoms with Crippen molar-refractivity contribution in [2.24, 2.45) is 5.41 Å². The zero-order valence-corrected chi connectivity index (χ0v) is 13.8. The molecule has 3 fully saturated rings. The summed E-state index contributed by atoms with van der Waals surface area (Å²) in [6.07, 6.45) is 12.8. The third-order valence-electron chi connectivity index (χ3n) is 6.08. The topological polar surface area (TPSA) is 15.3 Å². The summed E-state index contributed by atoms with van der Waals surface area (Å²) in [7, 11) is 0. The van der Waals surface area contributed by atoms with E-state index in [2.05, 4.69) is 31.0 Å². The number of hydrogen-bond donors (Lipinski definition) is 1. The van der Waals surface area contributed by atoms with Gasteiger partial charge in [0.2, 0.25) is 0 Å². The molecule has 0 spiro atoms. The average Bonchev–Trinajstić information content (AvgIpc) is 2.75. The van der Waals surface area contributed by atoms with Crippen LogP contribution in [0.1, 0.15) is 78.6 Å². The van der Waals surface area contributed by atoms with Gasteiger partial charge in [-0.25, -0.2) is 0 Å². The second kappa shape index (κ2) is 5.96. The zero-order chi connectivity index (χ0) is 14.2. The quantitative estimate of drug-likeness (QED) is 0.837. The van der Waals surface area contributed by atoms with Gasteiger partial charge >= 0.3 is 0 Å². The molecule has 1 aliphatic carbocycles. The first-order chi connectivity index (χ1) is 9.59. The molecule has 0 aromatic carbocycles. The predicted octanol–water partition coefficient (Wildman–Crippen LogP) is 3.95. The summed E-state index contributed by atoms with van der Waals surface area (Å²) >= 11 is 0. The van der Waals surface area contributed by atoms with E-state index in [1.54, 1.807) is 0 Å². The zero-order valence-electron chi connectivity index (χ0n) is 13.8. The van der Waals surface area contributed by atoms with Gasteiger partial charge in [-0.05, 0) is 63.3 Å². The highest BCUT2D eigenvalue weighted by molar-refractivity contribution is 5.00. The minimum atomic E-state index is 0.594. The first-order valence-electron chi connectivity index (χ1n) is 9.10. The fraction of sp³-hybridized carbons (Fsp3) is 1.00. The van der Waals surface area contributed by atoms with Crippen LogP contribution in [0.5, 0.6) is 0 Å². The van der Waals surface area contributed by atoms with Crippen LogP contribution < -0.4 is 5.32 Å². The molecular formula is C18H34N2. The van der Waals surface area contributed by atoms with E-state index < -0.39 is 0 Å². The maximum absolute atomic E-state index is 3.80. The molecule has 2 saturated heterocycles. The summed E-state index contributed by atoms with van der Waals surface area (Å²) in [6, 6.07) is 3.47. The maximum atomic E-state index is 3.80. The average molecular weight is 278 g/mol. The van der Waals surface area contributed by atoms with Crippen molar-refractivity contribution in [1.29, 1.82) is 0 Å². The molecule has 1 saturated carbocycles. The molecule has 20 heavy (non-hydrogen) atoms. The van der Waals surface area contributed by atoms with Gasteiger partial charge < -0.3 is 5.32 Å². The van der Waals surface area contributed by atoms with Gasteiger partial charge in [-0.2, -0.15) is 0 Å². The van der Waals surface area contributed by atoms with Crippen LogP contribution in [0.2, 0.25) is 0 Å². The van der Waals surface area contributed by atoms with E-state index in [1.807, 2.05) is 0 Å². The first kappa shape index (κ1) is 14.8. The van der Waals surface area contributed by atoms with Crippen molar-refractivity contribution in [3.8, 4) is 0 Å². The monoisotopic (exact) mass is 278 g/mol. The Kier molecular flexibility index (Phi) is 4.42. The van der Waals surface area contributed by atoms with Gasteiger partial charge in [-0.3, -0.25) is 4.90 Å².